The Labute approximate surface area is 317 Å². The lowest BCUT2D eigenvalue weighted by Gasteiger charge is -2.14. The zero-order chi connectivity index (χ0) is 36.3. The minimum Gasteiger partial charge on any atom is -0.455 e. The Hall–Kier alpha value is -7.43. The van der Waals surface area contributed by atoms with E-state index in [-0.39, 0.29) is 0 Å². The molecular formula is C51H31N3O. The van der Waals surface area contributed by atoms with Crippen LogP contribution < -0.4 is 0 Å². The quantitative estimate of drug-likeness (QED) is 0.179. The molecule has 4 nitrogen and oxygen atoms in total. The van der Waals surface area contributed by atoms with E-state index in [1.807, 2.05) is 12.1 Å². The summed E-state index contributed by atoms with van der Waals surface area (Å²) in [6.07, 6.45) is 0. The molecule has 4 heteroatoms. The van der Waals surface area contributed by atoms with Crippen molar-refractivity contribution < 1.29 is 4.42 Å². The summed E-state index contributed by atoms with van der Waals surface area (Å²) in [4.78, 5) is 15.7. The fraction of sp³-hybridized carbons (Fsp3) is 0. The minimum atomic E-state index is 0.580. The lowest BCUT2D eigenvalue weighted by Crippen LogP contribution is -2.01. The largest absolute Gasteiger partial charge is 0.455 e. The van der Waals surface area contributed by atoms with Gasteiger partial charge >= 0.3 is 0 Å². The molecule has 0 N–H and O–H groups in total. The molecule has 2 aromatic heterocycles. The van der Waals surface area contributed by atoms with E-state index in [0.29, 0.717) is 17.5 Å². The zero-order valence-electron chi connectivity index (χ0n) is 29.6. The molecule has 0 aliphatic heterocycles. The van der Waals surface area contributed by atoms with Crippen LogP contribution in [-0.4, -0.2) is 15.0 Å². The number of furan rings is 1. The number of rotatable bonds is 5. The van der Waals surface area contributed by atoms with E-state index in [2.05, 4.69) is 176 Å². The minimum absolute atomic E-state index is 0.580. The Morgan fingerprint density at radius 1 is 0.309 bits per heavy atom. The van der Waals surface area contributed by atoms with Crippen LogP contribution in [0, 0.1) is 0 Å². The van der Waals surface area contributed by atoms with Crippen molar-refractivity contribution in [3.8, 4) is 56.4 Å². The van der Waals surface area contributed by atoms with Gasteiger partial charge < -0.3 is 4.42 Å². The van der Waals surface area contributed by atoms with Crippen molar-refractivity contribution in [3.05, 3.63) is 188 Å². The average Bonchev–Trinajstić information content (AvgIpc) is 3.62. The zero-order valence-corrected chi connectivity index (χ0v) is 29.6. The van der Waals surface area contributed by atoms with Gasteiger partial charge in [0.1, 0.15) is 11.2 Å². The molecule has 0 spiro atoms. The lowest BCUT2D eigenvalue weighted by molar-refractivity contribution is 0.670. The Morgan fingerprint density at radius 3 is 1.58 bits per heavy atom. The second-order valence-corrected chi connectivity index (χ2v) is 14.0. The average molecular weight is 702 g/mol. The van der Waals surface area contributed by atoms with Gasteiger partial charge in [0.2, 0.25) is 0 Å². The van der Waals surface area contributed by atoms with Gasteiger partial charge in [-0.3, -0.25) is 0 Å². The molecule has 55 heavy (non-hydrogen) atoms. The van der Waals surface area contributed by atoms with E-state index in [1.165, 1.54) is 10.8 Å². The number of nitrogens with zero attached hydrogens (tertiary/aromatic N) is 3. The van der Waals surface area contributed by atoms with Gasteiger partial charge in [-0.2, -0.15) is 0 Å². The van der Waals surface area contributed by atoms with E-state index in [1.54, 1.807) is 0 Å². The van der Waals surface area contributed by atoms with Crippen LogP contribution in [-0.2, 0) is 0 Å². The highest BCUT2D eigenvalue weighted by molar-refractivity contribution is 6.18. The molecule has 0 aliphatic carbocycles. The number of hydrogen-bond acceptors (Lipinski definition) is 4. The highest BCUT2D eigenvalue weighted by Crippen LogP contribution is 2.42. The first kappa shape index (κ1) is 31.1. The van der Waals surface area contributed by atoms with Crippen molar-refractivity contribution in [1.82, 2.24) is 15.0 Å². The van der Waals surface area contributed by atoms with Crippen molar-refractivity contribution in [1.29, 1.82) is 0 Å². The highest BCUT2D eigenvalue weighted by atomic mass is 16.3. The summed E-state index contributed by atoms with van der Waals surface area (Å²) < 4.78 is 6.84. The fourth-order valence-corrected chi connectivity index (χ4v) is 7.97. The van der Waals surface area contributed by atoms with Crippen LogP contribution in [0.4, 0.5) is 0 Å². The van der Waals surface area contributed by atoms with Gasteiger partial charge in [0.25, 0.3) is 0 Å². The maximum atomic E-state index is 6.84. The predicted molar refractivity (Wildman–Crippen MR) is 227 cm³/mol. The SMILES string of the molecule is c1ccc(-c2cc3ccccc3cc2-c2nc(-c3ccc4ccccc4c3)nc(-c3ccc4c(c3)oc3c(-c5ccccc5)c5ccccc5cc34)n2)cc1. The Balaban J connectivity index is 1.16. The summed E-state index contributed by atoms with van der Waals surface area (Å²) >= 11 is 0. The molecule has 0 radical (unpaired) electrons. The molecule has 0 unspecified atom stereocenters. The summed E-state index contributed by atoms with van der Waals surface area (Å²) in [5.74, 6) is 1.80. The molecule has 0 fully saturated rings. The topological polar surface area (TPSA) is 51.8 Å². The monoisotopic (exact) mass is 701 g/mol. The second-order valence-electron chi connectivity index (χ2n) is 14.0. The van der Waals surface area contributed by atoms with Crippen molar-refractivity contribution in [2.24, 2.45) is 0 Å². The summed E-state index contributed by atoms with van der Waals surface area (Å²) in [6, 6.07) is 65.7. The van der Waals surface area contributed by atoms with Crippen LogP contribution in [0.25, 0.3) is 111 Å². The first-order valence-corrected chi connectivity index (χ1v) is 18.5. The van der Waals surface area contributed by atoms with Crippen LogP contribution in [0.3, 0.4) is 0 Å². The van der Waals surface area contributed by atoms with Crippen molar-refractivity contribution >= 4 is 54.3 Å². The van der Waals surface area contributed by atoms with Gasteiger partial charge in [-0.05, 0) is 85.4 Å². The maximum Gasteiger partial charge on any atom is 0.164 e. The Morgan fingerprint density at radius 2 is 0.855 bits per heavy atom. The number of aromatic nitrogens is 3. The van der Waals surface area contributed by atoms with Gasteiger partial charge in [-0.1, -0.05) is 152 Å². The van der Waals surface area contributed by atoms with Crippen LogP contribution in [0.2, 0.25) is 0 Å². The Bertz CT molecular complexity index is 3260. The smallest absolute Gasteiger partial charge is 0.164 e. The number of hydrogen-bond donors (Lipinski definition) is 0. The van der Waals surface area contributed by atoms with Crippen LogP contribution in [0.1, 0.15) is 0 Å². The van der Waals surface area contributed by atoms with Gasteiger partial charge in [0.05, 0.1) is 0 Å². The van der Waals surface area contributed by atoms with Crippen molar-refractivity contribution in [2.75, 3.05) is 0 Å². The van der Waals surface area contributed by atoms with E-state index in [0.717, 1.165) is 82.4 Å². The molecular weight excluding hydrogens is 671 g/mol. The van der Waals surface area contributed by atoms with Gasteiger partial charge in [0.15, 0.2) is 17.5 Å². The molecule has 0 bridgehead atoms. The third-order valence-electron chi connectivity index (χ3n) is 10.7. The van der Waals surface area contributed by atoms with E-state index in [4.69, 9.17) is 19.4 Å². The van der Waals surface area contributed by atoms with Gasteiger partial charge in [-0.25, -0.2) is 15.0 Å². The molecule has 256 valence electrons. The van der Waals surface area contributed by atoms with Crippen molar-refractivity contribution in [3.63, 3.8) is 0 Å². The molecule has 2 heterocycles. The van der Waals surface area contributed by atoms with Crippen LogP contribution in [0.5, 0.6) is 0 Å². The molecule has 0 saturated carbocycles. The van der Waals surface area contributed by atoms with E-state index < -0.39 is 0 Å². The van der Waals surface area contributed by atoms with E-state index >= 15 is 0 Å². The molecule has 0 aliphatic rings. The van der Waals surface area contributed by atoms with Gasteiger partial charge in [0, 0.05) is 33.0 Å². The van der Waals surface area contributed by atoms with Gasteiger partial charge in [-0.15, -0.1) is 0 Å². The first-order valence-electron chi connectivity index (χ1n) is 18.5. The maximum absolute atomic E-state index is 6.84. The summed E-state index contributed by atoms with van der Waals surface area (Å²) in [5, 5.41) is 9.04. The van der Waals surface area contributed by atoms with Crippen LogP contribution >= 0.6 is 0 Å². The third kappa shape index (κ3) is 5.34. The second kappa shape index (κ2) is 12.6. The first-order chi connectivity index (χ1) is 27.2. The molecule has 9 aromatic carbocycles. The van der Waals surface area contributed by atoms with Crippen LogP contribution in [0.15, 0.2) is 192 Å². The third-order valence-corrected chi connectivity index (χ3v) is 10.7. The molecule has 0 atom stereocenters. The fourth-order valence-electron chi connectivity index (χ4n) is 7.97. The normalized spacial score (nSPS) is 11.6. The summed E-state index contributed by atoms with van der Waals surface area (Å²) in [6.45, 7) is 0. The lowest BCUT2D eigenvalue weighted by atomic mass is 9.95. The van der Waals surface area contributed by atoms with Crippen molar-refractivity contribution in [2.45, 2.75) is 0 Å². The number of fused-ring (bicyclic) bond motifs is 6. The standard InChI is InChI=1S/C51H31N3O/c1-3-14-33(15-4-1)43-28-36-19-9-10-20-37(36)29-45(43)51-53-49(39-24-23-32-13-7-8-18-35(32)27-39)52-50(54-51)40-25-26-42-44-30-38-21-11-12-22-41(38)47(34-16-5-2-6-17-34)48(44)55-46(42)31-40/h1-31H. The molecule has 0 amide bonds. The molecule has 11 aromatic rings. The molecule has 11 rings (SSSR count). The Kier molecular flexibility index (Phi) is 7.14. The van der Waals surface area contributed by atoms with E-state index in [9.17, 15) is 0 Å². The predicted octanol–water partition coefficient (Wildman–Crippen LogP) is 13.6. The number of benzene rings is 9. The summed E-state index contributed by atoms with van der Waals surface area (Å²) in [7, 11) is 0. The highest BCUT2D eigenvalue weighted by Gasteiger charge is 2.20. The summed E-state index contributed by atoms with van der Waals surface area (Å²) in [5.41, 5.74) is 8.75. The molecule has 0 saturated heterocycles.